The minimum Gasteiger partial charge on any atom is -0.445 e. The zero-order chi connectivity index (χ0) is 14.6. The van der Waals surface area contributed by atoms with Crippen molar-refractivity contribution in [2.24, 2.45) is 0 Å². The van der Waals surface area contributed by atoms with E-state index in [0.29, 0.717) is 23.1 Å². The molecule has 2 heterocycles. The van der Waals surface area contributed by atoms with Crippen LogP contribution in [0.2, 0.25) is 0 Å². The standard InChI is InChI=1S/C12H17N3O3S2/c1-3-13-7-10-11(4-5-19-10)20(16,17)15-8-12-14-6-9(2)18-12/h4-6,13,15H,3,7-8H2,1-2H3. The Morgan fingerprint density at radius 3 is 2.85 bits per heavy atom. The number of aromatic nitrogens is 1. The molecule has 0 unspecified atom stereocenters. The second-order valence-electron chi connectivity index (χ2n) is 4.18. The molecule has 0 fully saturated rings. The van der Waals surface area contributed by atoms with Crippen molar-refractivity contribution >= 4 is 21.4 Å². The maximum atomic E-state index is 12.3. The highest BCUT2D eigenvalue weighted by atomic mass is 32.2. The summed E-state index contributed by atoms with van der Waals surface area (Å²) in [6.07, 6.45) is 1.56. The minimum absolute atomic E-state index is 0.0483. The SMILES string of the molecule is CCNCc1sccc1S(=O)(=O)NCc1ncc(C)o1. The highest BCUT2D eigenvalue weighted by Gasteiger charge is 2.20. The summed E-state index contributed by atoms with van der Waals surface area (Å²) < 4.78 is 32.3. The van der Waals surface area contributed by atoms with Gasteiger partial charge in [0.05, 0.1) is 17.6 Å². The first-order valence-corrected chi connectivity index (χ1v) is 8.57. The molecule has 0 aliphatic heterocycles. The van der Waals surface area contributed by atoms with Crippen LogP contribution in [0.15, 0.2) is 27.0 Å². The first-order valence-electron chi connectivity index (χ1n) is 6.21. The Labute approximate surface area is 122 Å². The summed E-state index contributed by atoms with van der Waals surface area (Å²) in [6, 6.07) is 1.61. The van der Waals surface area contributed by atoms with Crippen LogP contribution in [0.3, 0.4) is 0 Å². The number of rotatable bonds is 7. The number of aryl methyl sites for hydroxylation is 1. The molecule has 110 valence electrons. The fraction of sp³-hybridized carbons (Fsp3) is 0.417. The molecule has 2 N–H and O–H groups in total. The third-order valence-electron chi connectivity index (χ3n) is 2.61. The number of hydrogen-bond acceptors (Lipinski definition) is 6. The Balaban J connectivity index is 2.08. The van der Waals surface area contributed by atoms with Crippen molar-refractivity contribution in [3.05, 3.63) is 34.2 Å². The number of nitrogens with one attached hydrogen (secondary N) is 2. The van der Waals surface area contributed by atoms with Gasteiger partial charge in [0.25, 0.3) is 0 Å². The van der Waals surface area contributed by atoms with Crippen LogP contribution in [0.4, 0.5) is 0 Å². The second kappa shape index (κ2) is 6.49. The summed E-state index contributed by atoms with van der Waals surface area (Å²) >= 11 is 1.42. The van der Waals surface area contributed by atoms with Crippen LogP contribution >= 0.6 is 11.3 Å². The molecular formula is C12H17N3O3S2. The van der Waals surface area contributed by atoms with Crippen molar-refractivity contribution in [3.8, 4) is 0 Å². The Morgan fingerprint density at radius 1 is 1.40 bits per heavy atom. The van der Waals surface area contributed by atoms with Gasteiger partial charge in [0.1, 0.15) is 5.76 Å². The molecule has 0 aliphatic rings. The van der Waals surface area contributed by atoms with Gasteiger partial charge < -0.3 is 9.73 Å². The normalized spacial score (nSPS) is 11.9. The van der Waals surface area contributed by atoms with Gasteiger partial charge in [-0.2, -0.15) is 0 Å². The molecule has 8 heteroatoms. The van der Waals surface area contributed by atoms with E-state index >= 15 is 0 Å². The third kappa shape index (κ3) is 3.66. The van der Waals surface area contributed by atoms with Gasteiger partial charge in [-0.05, 0) is 24.9 Å². The number of thiophene rings is 1. The number of oxazole rings is 1. The topological polar surface area (TPSA) is 84.2 Å². The molecule has 6 nitrogen and oxygen atoms in total. The van der Waals surface area contributed by atoms with Gasteiger partial charge in [0.2, 0.25) is 15.9 Å². The van der Waals surface area contributed by atoms with Crippen LogP contribution in [-0.2, 0) is 23.1 Å². The molecule has 20 heavy (non-hydrogen) atoms. The molecule has 0 saturated heterocycles. The average molecular weight is 315 g/mol. The van der Waals surface area contributed by atoms with E-state index in [1.165, 1.54) is 11.3 Å². The maximum absolute atomic E-state index is 12.3. The predicted octanol–water partition coefficient (Wildman–Crippen LogP) is 1.63. The van der Waals surface area contributed by atoms with Crippen LogP contribution in [0.25, 0.3) is 0 Å². The fourth-order valence-electron chi connectivity index (χ4n) is 1.65. The van der Waals surface area contributed by atoms with E-state index in [1.807, 2.05) is 6.92 Å². The maximum Gasteiger partial charge on any atom is 0.242 e. The summed E-state index contributed by atoms with van der Waals surface area (Å²) in [4.78, 5) is 5.08. The quantitative estimate of drug-likeness (QED) is 0.811. The molecule has 0 spiro atoms. The largest absolute Gasteiger partial charge is 0.445 e. The van der Waals surface area contributed by atoms with Crippen LogP contribution in [0, 0.1) is 6.92 Å². The highest BCUT2D eigenvalue weighted by Crippen LogP contribution is 2.21. The van der Waals surface area contributed by atoms with E-state index in [9.17, 15) is 8.42 Å². The van der Waals surface area contributed by atoms with Crippen LogP contribution in [0.1, 0.15) is 23.5 Å². The lowest BCUT2D eigenvalue weighted by Crippen LogP contribution is -2.24. The van der Waals surface area contributed by atoms with Crippen molar-refractivity contribution in [3.63, 3.8) is 0 Å². The molecule has 0 bridgehead atoms. The van der Waals surface area contributed by atoms with Gasteiger partial charge in [0, 0.05) is 11.4 Å². The minimum atomic E-state index is -3.55. The fourth-order valence-corrected chi connectivity index (χ4v) is 4.04. The van der Waals surface area contributed by atoms with E-state index in [-0.39, 0.29) is 6.54 Å². The monoisotopic (exact) mass is 315 g/mol. The Kier molecular flexibility index (Phi) is 4.92. The highest BCUT2D eigenvalue weighted by molar-refractivity contribution is 7.89. The van der Waals surface area contributed by atoms with Crippen LogP contribution in [0.5, 0.6) is 0 Å². The van der Waals surface area contributed by atoms with Crippen molar-refractivity contribution in [2.75, 3.05) is 6.54 Å². The first kappa shape index (κ1) is 15.2. The van der Waals surface area contributed by atoms with Gasteiger partial charge in [-0.15, -0.1) is 11.3 Å². The molecule has 2 rings (SSSR count). The zero-order valence-electron chi connectivity index (χ0n) is 11.3. The molecule has 0 atom stereocenters. The summed E-state index contributed by atoms with van der Waals surface area (Å²) in [7, 11) is -3.55. The van der Waals surface area contributed by atoms with Crippen molar-refractivity contribution in [2.45, 2.75) is 31.8 Å². The second-order valence-corrected chi connectivity index (χ2v) is 6.91. The lowest BCUT2D eigenvalue weighted by molar-refractivity contribution is 0.463. The van der Waals surface area contributed by atoms with Gasteiger partial charge in [-0.25, -0.2) is 18.1 Å². The van der Waals surface area contributed by atoms with Crippen molar-refractivity contribution in [1.29, 1.82) is 0 Å². The Hall–Kier alpha value is -1.22. The summed E-state index contributed by atoms with van der Waals surface area (Å²) in [5.41, 5.74) is 0. The lowest BCUT2D eigenvalue weighted by atomic mass is 10.4. The van der Waals surface area contributed by atoms with Crippen LogP contribution in [-0.4, -0.2) is 19.9 Å². The van der Waals surface area contributed by atoms with E-state index < -0.39 is 10.0 Å². The van der Waals surface area contributed by atoms with Crippen molar-refractivity contribution < 1.29 is 12.8 Å². The van der Waals surface area contributed by atoms with Crippen molar-refractivity contribution in [1.82, 2.24) is 15.0 Å². The third-order valence-corrected chi connectivity index (χ3v) is 5.15. The average Bonchev–Trinajstić information content (AvgIpc) is 3.03. The summed E-state index contributed by atoms with van der Waals surface area (Å²) in [6.45, 7) is 5.12. The smallest absolute Gasteiger partial charge is 0.242 e. The predicted molar refractivity (Wildman–Crippen MR) is 77.0 cm³/mol. The molecule has 0 aromatic carbocycles. The molecule has 0 radical (unpaired) electrons. The molecule has 2 aromatic heterocycles. The van der Waals surface area contributed by atoms with Gasteiger partial charge in [-0.3, -0.25) is 0 Å². The first-order chi connectivity index (χ1) is 9.53. The molecule has 2 aromatic rings. The van der Waals surface area contributed by atoms with Gasteiger partial charge in [0.15, 0.2) is 0 Å². The number of hydrogen-bond donors (Lipinski definition) is 2. The Bertz CT molecular complexity index is 661. The van der Waals surface area contributed by atoms with E-state index in [0.717, 1.165) is 11.4 Å². The van der Waals surface area contributed by atoms with E-state index in [2.05, 4.69) is 15.0 Å². The van der Waals surface area contributed by atoms with E-state index in [1.54, 1.807) is 24.6 Å². The van der Waals surface area contributed by atoms with E-state index in [4.69, 9.17) is 4.42 Å². The summed E-state index contributed by atoms with van der Waals surface area (Å²) in [5, 5.41) is 4.90. The molecular weight excluding hydrogens is 298 g/mol. The number of sulfonamides is 1. The lowest BCUT2D eigenvalue weighted by Gasteiger charge is -2.06. The molecule has 0 amide bonds. The summed E-state index contributed by atoms with van der Waals surface area (Å²) in [5.74, 6) is 1.01. The Morgan fingerprint density at radius 2 is 2.20 bits per heavy atom. The molecule has 0 saturated carbocycles. The van der Waals surface area contributed by atoms with Gasteiger partial charge in [-0.1, -0.05) is 6.92 Å². The number of nitrogens with zero attached hydrogens (tertiary/aromatic N) is 1. The van der Waals surface area contributed by atoms with Crippen LogP contribution < -0.4 is 10.0 Å². The van der Waals surface area contributed by atoms with Gasteiger partial charge >= 0.3 is 0 Å². The molecule has 0 aliphatic carbocycles. The zero-order valence-corrected chi connectivity index (χ0v) is 13.0.